The van der Waals surface area contributed by atoms with Crippen molar-refractivity contribution in [3.63, 3.8) is 0 Å². The third-order valence-corrected chi connectivity index (χ3v) is 3.89. The fraction of sp³-hybridized carbons (Fsp3) is 0.235. The molecule has 0 aliphatic heterocycles. The van der Waals surface area contributed by atoms with Gasteiger partial charge in [0.2, 0.25) is 5.91 Å². The highest BCUT2D eigenvalue weighted by Gasteiger charge is 2.15. The molecule has 0 aliphatic carbocycles. The highest BCUT2D eigenvalue weighted by Crippen LogP contribution is 2.21. The molecule has 2 aromatic rings. The minimum absolute atomic E-state index is 0.0142. The van der Waals surface area contributed by atoms with E-state index in [1.165, 1.54) is 12.1 Å². The summed E-state index contributed by atoms with van der Waals surface area (Å²) in [5, 5.41) is 5.61. The van der Waals surface area contributed by atoms with Crippen LogP contribution >= 0.6 is 23.2 Å². The highest BCUT2D eigenvalue weighted by molar-refractivity contribution is 6.34. The summed E-state index contributed by atoms with van der Waals surface area (Å²) in [5.41, 5.74) is 3.79. The predicted molar refractivity (Wildman–Crippen MR) is 95.9 cm³/mol. The Balaban J connectivity index is 2.01. The maximum Gasteiger partial charge on any atom is 0.271 e. The molecule has 7 heteroatoms. The number of rotatable bonds is 4. The van der Waals surface area contributed by atoms with Crippen LogP contribution in [0.3, 0.4) is 0 Å². The zero-order chi connectivity index (χ0) is 17.9. The van der Waals surface area contributed by atoms with Gasteiger partial charge in [-0.15, -0.1) is 0 Å². The van der Waals surface area contributed by atoms with E-state index in [4.69, 9.17) is 23.2 Å². The smallest absolute Gasteiger partial charge is 0.271 e. The Hall–Kier alpha value is -2.11. The molecule has 0 unspecified atom stereocenters. The Morgan fingerprint density at radius 2 is 1.71 bits per heavy atom. The number of anilines is 1. The molecule has 1 heterocycles. The molecule has 0 saturated carbocycles. The number of hydrogen-bond acceptors (Lipinski definition) is 3. The number of halogens is 2. The van der Waals surface area contributed by atoms with Gasteiger partial charge >= 0.3 is 0 Å². The van der Waals surface area contributed by atoms with Gasteiger partial charge in [-0.25, -0.2) is 4.98 Å². The first-order chi connectivity index (χ1) is 11.3. The lowest BCUT2D eigenvalue weighted by Crippen LogP contribution is -2.33. The van der Waals surface area contributed by atoms with Gasteiger partial charge in [0, 0.05) is 5.69 Å². The molecular formula is C17H17Cl2N3O2. The minimum atomic E-state index is -0.560. The van der Waals surface area contributed by atoms with Gasteiger partial charge in [0.1, 0.15) is 10.8 Å². The van der Waals surface area contributed by atoms with Crippen LogP contribution in [0.2, 0.25) is 10.2 Å². The number of amides is 2. The zero-order valence-corrected chi connectivity index (χ0v) is 15.0. The second-order valence-corrected chi connectivity index (χ2v) is 6.26. The molecule has 0 bridgehead atoms. The van der Waals surface area contributed by atoms with Crippen molar-refractivity contribution in [3.05, 3.63) is 56.8 Å². The first-order valence-corrected chi connectivity index (χ1v) is 8.01. The summed E-state index contributed by atoms with van der Waals surface area (Å²) in [4.78, 5) is 28.0. The topological polar surface area (TPSA) is 71.1 Å². The molecule has 1 aromatic carbocycles. The van der Waals surface area contributed by atoms with E-state index in [1.807, 2.05) is 32.9 Å². The fourth-order valence-corrected chi connectivity index (χ4v) is 2.72. The van der Waals surface area contributed by atoms with Crippen LogP contribution in [0.4, 0.5) is 5.69 Å². The molecule has 0 saturated heterocycles. The number of carbonyl (C=O) groups excluding carboxylic acids is 2. The predicted octanol–water partition coefficient (Wildman–Crippen LogP) is 3.68. The van der Waals surface area contributed by atoms with Crippen molar-refractivity contribution in [2.75, 3.05) is 11.9 Å². The van der Waals surface area contributed by atoms with Gasteiger partial charge in [-0.2, -0.15) is 0 Å². The molecule has 2 amide bonds. The maximum atomic E-state index is 12.1. The Morgan fingerprint density at radius 1 is 1.08 bits per heavy atom. The molecule has 0 spiro atoms. The van der Waals surface area contributed by atoms with Crippen molar-refractivity contribution >= 4 is 40.7 Å². The van der Waals surface area contributed by atoms with Gasteiger partial charge in [0.25, 0.3) is 5.91 Å². The van der Waals surface area contributed by atoms with Crippen LogP contribution in [0, 0.1) is 20.8 Å². The molecule has 24 heavy (non-hydrogen) atoms. The van der Waals surface area contributed by atoms with Crippen LogP contribution in [-0.4, -0.2) is 23.3 Å². The summed E-state index contributed by atoms with van der Waals surface area (Å²) < 4.78 is 0. The zero-order valence-electron chi connectivity index (χ0n) is 13.5. The Morgan fingerprint density at radius 3 is 2.33 bits per heavy atom. The lowest BCUT2D eigenvalue weighted by Gasteiger charge is -2.13. The quantitative estimate of drug-likeness (QED) is 0.811. The highest BCUT2D eigenvalue weighted by atomic mass is 35.5. The Bertz CT molecular complexity index is 783. The normalized spacial score (nSPS) is 10.4. The van der Waals surface area contributed by atoms with Crippen molar-refractivity contribution < 1.29 is 9.59 Å². The van der Waals surface area contributed by atoms with Crippen molar-refractivity contribution in [1.82, 2.24) is 10.3 Å². The number of pyridine rings is 1. The van der Waals surface area contributed by atoms with Gasteiger partial charge in [-0.1, -0.05) is 40.9 Å². The third kappa shape index (κ3) is 4.46. The molecule has 0 aliphatic rings. The van der Waals surface area contributed by atoms with Crippen molar-refractivity contribution in [3.8, 4) is 0 Å². The minimum Gasteiger partial charge on any atom is -0.342 e. The number of nitrogens with zero attached hydrogens (tertiary/aromatic N) is 1. The molecule has 126 valence electrons. The monoisotopic (exact) mass is 365 g/mol. The molecule has 2 rings (SSSR count). The van der Waals surface area contributed by atoms with E-state index in [2.05, 4.69) is 15.6 Å². The van der Waals surface area contributed by atoms with Gasteiger partial charge in [0.05, 0.1) is 11.6 Å². The van der Waals surface area contributed by atoms with Crippen LogP contribution in [0.25, 0.3) is 0 Å². The van der Waals surface area contributed by atoms with E-state index >= 15 is 0 Å². The summed E-state index contributed by atoms with van der Waals surface area (Å²) >= 11 is 11.7. The molecule has 1 aromatic heterocycles. The van der Waals surface area contributed by atoms with E-state index in [0.29, 0.717) is 0 Å². The summed E-state index contributed by atoms with van der Waals surface area (Å²) in [6.45, 7) is 5.64. The van der Waals surface area contributed by atoms with E-state index in [9.17, 15) is 9.59 Å². The number of benzene rings is 1. The average Bonchev–Trinajstić information content (AvgIpc) is 2.50. The van der Waals surface area contributed by atoms with Crippen LogP contribution < -0.4 is 10.6 Å². The number of hydrogen-bond donors (Lipinski definition) is 2. The summed E-state index contributed by atoms with van der Waals surface area (Å²) in [6.07, 6.45) is 0. The van der Waals surface area contributed by atoms with Crippen LogP contribution in [-0.2, 0) is 4.79 Å². The van der Waals surface area contributed by atoms with Gasteiger partial charge in [-0.05, 0) is 44.0 Å². The van der Waals surface area contributed by atoms with Crippen LogP contribution in [0.15, 0.2) is 24.3 Å². The molecule has 5 nitrogen and oxygen atoms in total. The second kappa shape index (κ2) is 7.64. The van der Waals surface area contributed by atoms with Crippen molar-refractivity contribution in [1.29, 1.82) is 0 Å². The van der Waals surface area contributed by atoms with Gasteiger partial charge in [-0.3, -0.25) is 9.59 Å². The molecule has 0 atom stereocenters. The first-order valence-electron chi connectivity index (χ1n) is 7.26. The number of carbonyl (C=O) groups is 2. The molecule has 2 N–H and O–H groups in total. The largest absolute Gasteiger partial charge is 0.342 e. The van der Waals surface area contributed by atoms with E-state index in [1.54, 1.807) is 0 Å². The average molecular weight is 366 g/mol. The summed E-state index contributed by atoms with van der Waals surface area (Å²) in [6, 6.07) is 6.93. The number of aromatic nitrogens is 1. The second-order valence-electron chi connectivity index (χ2n) is 5.47. The van der Waals surface area contributed by atoms with E-state index < -0.39 is 5.91 Å². The SMILES string of the molecule is Cc1cc(C)c(NC(=O)CNC(=O)c2nc(Cl)ccc2Cl)c(C)c1. The third-order valence-electron chi connectivity index (χ3n) is 3.38. The fourth-order valence-electron chi connectivity index (χ4n) is 2.38. The molecular weight excluding hydrogens is 349 g/mol. The Labute approximate surface area is 150 Å². The summed E-state index contributed by atoms with van der Waals surface area (Å²) in [5.74, 6) is -0.897. The van der Waals surface area contributed by atoms with E-state index in [0.717, 1.165) is 22.4 Å². The first kappa shape index (κ1) is 18.2. The Kier molecular flexibility index (Phi) is 5.80. The molecule has 0 fully saturated rings. The standard InChI is InChI=1S/C17H17Cl2N3O2/c1-9-6-10(2)15(11(3)7-9)22-14(23)8-20-17(24)16-12(18)4-5-13(19)21-16/h4-7H,8H2,1-3H3,(H,20,24)(H,22,23). The number of nitrogens with one attached hydrogen (secondary N) is 2. The van der Waals surface area contributed by atoms with Gasteiger partial charge in [0.15, 0.2) is 0 Å². The van der Waals surface area contributed by atoms with Crippen molar-refractivity contribution in [2.24, 2.45) is 0 Å². The summed E-state index contributed by atoms with van der Waals surface area (Å²) in [7, 11) is 0. The number of aryl methyl sites for hydroxylation is 3. The lowest BCUT2D eigenvalue weighted by atomic mass is 10.1. The van der Waals surface area contributed by atoms with E-state index in [-0.39, 0.29) is 28.3 Å². The van der Waals surface area contributed by atoms with Crippen LogP contribution in [0.5, 0.6) is 0 Å². The molecule has 0 radical (unpaired) electrons. The van der Waals surface area contributed by atoms with Crippen molar-refractivity contribution in [2.45, 2.75) is 20.8 Å². The van der Waals surface area contributed by atoms with Gasteiger partial charge < -0.3 is 10.6 Å². The maximum absolute atomic E-state index is 12.1. The van der Waals surface area contributed by atoms with Crippen LogP contribution in [0.1, 0.15) is 27.2 Å². The lowest BCUT2D eigenvalue weighted by molar-refractivity contribution is -0.115.